The molecule has 0 amide bonds. The molecule has 0 fully saturated rings. The number of carboxylic acid groups (broad SMARTS) is 1. The molecule has 4 N–H and O–H groups in total. The number of carboxylic acids is 1. The second-order valence-corrected chi connectivity index (χ2v) is 4.50. The fourth-order valence-corrected chi connectivity index (χ4v) is 1.69. The van der Waals surface area contributed by atoms with Gasteiger partial charge in [0.1, 0.15) is 5.82 Å². The van der Waals surface area contributed by atoms with Crippen LogP contribution in [0.5, 0.6) is 0 Å². The van der Waals surface area contributed by atoms with Crippen molar-refractivity contribution in [3.05, 3.63) is 59.9 Å². The Labute approximate surface area is 125 Å². The zero-order valence-corrected chi connectivity index (χ0v) is 11.6. The molecule has 2 aromatic carbocycles. The zero-order chi connectivity index (χ0) is 15.2. The molecule has 0 radical (unpaired) electrons. The molecule has 2 rings (SSSR count). The smallest absolute Gasteiger partial charge is 0.335 e. The first kappa shape index (κ1) is 14.7. The van der Waals surface area contributed by atoms with E-state index in [0.29, 0.717) is 16.5 Å². The fraction of sp³-hybridized carbons (Fsp3) is 0. The first-order valence-corrected chi connectivity index (χ1v) is 6.37. The van der Waals surface area contributed by atoms with Crippen LogP contribution < -0.4 is 16.2 Å². The molecule has 7 heteroatoms. The van der Waals surface area contributed by atoms with Crippen LogP contribution in [0.4, 0.5) is 15.8 Å². The molecule has 0 aromatic heterocycles. The minimum atomic E-state index is -0.983. The minimum Gasteiger partial charge on any atom is -0.478 e. The number of thiocarbonyl (C=S) groups is 1. The van der Waals surface area contributed by atoms with Crippen molar-refractivity contribution in [3.63, 3.8) is 0 Å². The van der Waals surface area contributed by atoms with Crippen molar-refractivity contribution >= 4 is 34.7 Å². The van der Waals surface area contributed by atoms with Gasteiger partial charge in [0, 0.05) is 5.69 Å². The minimum absolute atomic E-state index is 0.201. The number of carbonyl (C=O) groups is 1. The van der Waals surface area contributed by atoms with Gasteiger partial charge in [-0.2, -0.15) is 0 Å². The first-order chi connectivity index (χ1) is 10.0. The van der Waals surface area contributed by atoms with E-state index in [-0.39, 0.29) is 11.4 Å². The fourth-order valence-electron chi connectivity index (χ4n) is 1.52. The highest BCUT2D eigenvalue weighted by atomic mass is 32.1. The van der Waals surface area contributed by atoms with E-state index >= 15 is 0 Å². The maximum Gasteiger partial charge on any atom is 0.335 e. The zero-order valence-electron chi connectivity index (χ0n) is 10.8. The molecular formula is C14H12FN3O2S. The molecule has 0 unspecified atom stereocenters. The third-order valence-corrected chi connectivity index (χ3v) is 2.76. The summed E-state index contributed by atoms with van der Waals surface area (Å²) in [5, 5.41) is 11.9. The van der Waals surface area contributed by atoms with Gasteiger partial charge in [0.25, 0.3) is 0 Å². The molecule has 0 aliphatic rings. The summed E-state index contributed by atoms with van der Waals surface area (Å²) in [6, 6.07) is 11.9. The Morgan fingerprint density at radius 2 is 1.57 bits per heavy atom. The van der Waals surface area contributed by atoms with Crippen molar-refractivity contribution in [1.29, 1.82) is 0 Å². The van der Waals surface area contributed by atoms with Crippen LogP contribution in [0.25, 0.3) is 0 Å². The van der Waals surface area contributed by atoms with E-state index in [4.69, 9.17) is 17.3 Å². The predicted octanol–water partition coefficient (Wildman–Crippen LogP) is 2.84. The van der Waals surface area contributed by atoms with Crippen LogP contribution in [-0.2, 0) is 0 Å². The Hall–Kier alpha value is -2.67. The van der Waals surface area contributed by atoms with Gasteiger partial charge in [-0.1, -0.05) is 0 Å². The van der Waals surface area contributed by atoms with Crippen molar-refractivity contribution in [3.8, 4) is 0 Å². The number of rotatable bonds is 4. The molecule has 0 bridgehead atoms. The van der Waals surface area contributed by atoms with Crippen LogP contribution in [-0.4, -0.2) is 16.2 Å². The summed E-state index contributed by atoms with van der Waals surface area (Å²) in [6.07, 6.45) is 0. The summed E-state index contributed by atoms with van der Waals surface area (Å²) >= 11 is 5.06. The number of anilines is 2. The quantitative estimate of drug-likeness (QED) is 0.514. The largest absolute Gasteiger partial charge is 0.478 e. The lowest BCUT2D eigenvalue weighted by Crippen LogP contribution is -2.33. The van der Waals surface area contributed by atoms with Gasteiger partial charge >= 0.3 is 5.97 Å². The van der Waals surface area contributed by atoms with E-state index in [2.05, 4.69) is 16.2 Å². The summed E-state index contributed by atoms with van der Waals surface area (Å²) in [5.74, 6) is -1.31. The van der Waals surface area contributed by atoms with Crippen molar-refractivity contribution in [2.24, 2.45) is 0 Å². The van der Waals surface area contributed by atoms with Gasteiger partial charge in [0.2, 0.25) is 0 Å². The van der Waals surface area contributed by atoms with Crippen molar-refractivity contribution < 1.29 is 14.3 Å². The van der Waals surface area contributed by atoms with Crippen LogP contribution in [0.1, 0.15) is 10.4 Å². The number of aromatic carboxylic acids is 1. The SMILES string of the molecule is O=C(O)c1ccc(NNC(=S)Nc2ccc(F)cc2)cc1. The summed E-state index contributed by atoms with van der Waals surface area (Å²) in [5.41, 5.74) is 7.07. The van der Waals surface area contributed by atoms with Crippen molar-refractivity contribution in [2.75, 3.05) is 10.7 Å². The molecule has 0 saturated carbocycles. The lowest BCUT2D eigenvalue weighted by Gasteiger charge is -2.12. The molecule has 108 valence electrons. The number of nitrogens with one attached hydrogen (secondary N) is 3. The topological polar surface area (TPSA) is 73.4 Å². The molecule has 0 atom stereocenters. The normalized spacial score (nSPS) is 9.76. The molecule has 2 aromatic rings. The van der Waals surface area contributed by atoms with Gasteiger partial charge in [-0.25, -0.2) is 9.18 Å². The van der Waals surface area contributed by atoms with Gasteiger partial charge in [0.05, 0.1) is 11.3 Å². The van der Waals surface area contributed by atoms with Crippen LogP contribution in [0.2, 0.25) is 0 Å². The second kappa shape index (κ2) is 6.67. The van der Waals surface area contributed by atoms with Crippen LogP contribution in [0, 0.1) is 5.82 Å². The third kappa shape index (κ3) is 4.43. The van der Waals surface area contributed by atoms with E-state index < -0.39 is 5.97 Å². The Kier molecular flexibility index (Phi) is 4.68. The highest BCUT2D eigenvalue weighted by Gasteiger charge is 2.02. The van der Waals surface area contributed by atoms with Crippen LogP contribution in [0.3, 0.4) is 0 Å². The van der Waals surface area contributed by atoms with Gasteiger partial charge in [-0.3, -0.25) is 10.9 Å². The Bertz CT molecular complexity index is 644. The Morgan fingerprint density at radius 1 is 1.00 bits per heavy atom. The third-order valence-electron chi connectivity index (χ3n) is 2.55. The lowest BCUT2D eigenvalue weighted by atomic mass is 10.2. The lowest BCUT2D eigenvalue weighted by molar-refractivity contribution is 0.0697. The van der Waals surface area contributed by atoms with Gasteiger partial charge < -0.3 is 10.4 Å². The molecule has 5 nitrogen and oxygen atoms in total. The standard InChI is InChI=1S/C14H12FN3O2S/c15-10-3-7-11(8-4-10)16-14(21)18-17-12-5-1-9(2-6-12)13(19)20/h1-8,17H,(H,19,20)(H2,16,18,21). The van der Waals surface area contributed by atoms with Gasteiger partial charge in [-0.15, -0.1) is 0 Å². The predicted molar refractivity (Wildman–Crippen MR) is 82.8 cm³/mol. The molecule has 0 spiro atoms. The number of hydrazine groups is 1. The monoisotopic (exact) mass is 305 g/mol. The Morgan fingerprint density at radius 3 is 2.14 bits per heavy atom. The van der Waals surface area contributed by atoms with Gasteiger partial charge in [0.15, 0.2) is 5.11 Å². The molecule has 21 heavy (non-hydrogen) atoms. The first-order valence-electron chi connectivity index (χ1n) is 5.96. The molecule has 0 saturated heterocycles. The number of benzene rings is 2. The van der Waals surface area contributed by atoms with E-state index in [1.54, 1.807) is 24.3 Å². The second-order valence-electron chi connectivity index (χ2n) is 4.09. The maximum atomic E-state index is 12.8. The number of hydrogen-bond acceptors (Lipinski definition) is 3. The molecule has 0 heterocycles. The summed E-state index contributed by atoms with van der Waals surface area (Å²) in [4.78, 5) is 10.7. The van der Waals surface area contributed by atoms with E-state index in [1.165, 1.54) is 24.3 Å². The van der Waals surface area contributed by atoms with Crippen LogP contribution >= 0.6 is 12.2 Å². The summed E-state index contributed by atoms with van der Waals surface area (Å²) in [6.45, 7) is 0. The van der Waals surface area contributed by atoms with Crippen molar-refractivity contribution in [2.45, 2.75) is 0 Å². The highest BCUT2D eigenvalue weighted by molar-refractivity contribution is 7.80. The molecule has 0 aliphatic carbocycles. The summed E-state index contributed by atoms with van der Waals surface area (Å²) in [7, 11) is 0. The average molecular weight is 305 g/mol. The molecular weight excluding hydrogens is 293 g/mol. The molecule has 0 aliphatic heterocycles. The Balaban J connectivity index is 1.86. The average Bonchev–Trinajstić information content (AvgIpc) is 2.48. The maximum absolute atomic E-state index is 12.8. The highest BCUT2D eigenvalue weighted by Crippen LogP contribution is 2.09. The van der Waals surface area contributed by atoms with E-state index in [0.717, 1.165) is 0 Å². The van der Waals surface area contributed by atoms with E-state index in [9.17, 15) is 9.18 Å². The van der Waals surface area contributed by atoms with Crippen molar-refractivity contribution in [1.82, 2.24) is 5.43 Å². The number of halogens is 1. The number of hydrogen-bond donors (Lipinski definition) is 4. The van der Waals surface area contributed by atoms with Crippen LogP contribution in [0.15, 0.2) is 48.5 Å². The van der Waals surface area contributed by atoms with Gasteiger partial charge in [-0.05, 0) is 60.7 Å². The van der Waals surface area contributed by atoms with E-state index in [1.807, 2.05) is 0 Å². The summed E-state index contributed by atoms with van der Waals surface area (Å²) < 4.78 is 12.8.